The summed E-state index contributed by atoms with van der Waals surface area (Å²) in [5.41, 5.74) is 0.178. The molecule has 98 valence electrons. The van der Waals surface area contributed by atoms with Crippen LogP contribution in [0.5, 0.6) is 0 Å². The second kappa shape index (κ2) is 5.91. The quantitative estimate of drug-likeness (QED) is 0.839. The molecule has 5 nitrogen and oxygen atoms in total. The lowest BCUT2D eigenvalue weighted by molar-refractivity contribution is 0.0715. The predicted molar refractivity (Wildman–Crippen MR) is 67.0 cm³/mol. The van der Waals surface area contributed by atoms with Gasteiger partial charge in [0.05, 0.1) is 12.8 Å². The molecule has 1 fully saturated rings. The Hall–Kier alpha value is -1.49. The maximum atomic E-state index is 11.9. The summed E-state index contributed by atoms with van der Waals surface area (Å²) in [4.78, 5) is 19.7. The average molecular weight is 249 g/mol. The van der Waals surface area contributed by atoms with Crippen LogP contribution in [-0.2, 0) is 0 Å². The van der Waals surface area contributed by atoms with Crippen LogP contribution in [0.4, 0.5) is 0 Å². The van der Waals surface area contributed by atoms with E-state index in [2.05, 4.69) is 15.3 Å². The number of carbonyl (C=O) groups excluding carboxylic acids is 1. The molecule has 0 aliphatic heterocycles. The summed E-state index contributed by atoms with van der Waals surface area (Å²) in [5.74, 6) is -0.221. The predicted octanol–water partition coefficient (Wildman–Crippen LogP) is 1.15. The van der Waals surface area contributed by atoms with Crippen molar-refractivity contribution >= 4 is 5.91 Å². The summed E-state index contributed by atoms with van der Waals surface area (Å²) in [6, 6.07) is 0. The molecule has 0 aromatic carbocycles. The fourth-order valence-corrected chi connectivity index (χ4v) is 2.47. The van der Waals surface area contributed by atoms with Crippen LogP contribution in [0.25, 0.3) is 0 Å². The van der Waals surface area contributed by atoms with E-state index in [9.17, 15) is 9.90 Å². The van der Waals surface area contributed by atoms with E-state index in [4.69, 9.17) is 0 Å². The van der Waals surface area contributed by atoms with Crippen LogP contribution < -0.4 is 5.32 Å². The molecule has 1 aliphatic rings. The first-order valence-electron chi connectivity index (χ1n) is 6.41. The first-order valence-corrected chi connectivity index (χ1v) is 6.41. The minimum absolute atomic E-state index is 0.133. The monoisotopic (exact) mass is 249 g/mol. The molecular weight excluding hydrogens is 230 g/mol. The van der Waals surface area contributed by atoms with Gasteiger partial charge in [-0.1, -0.05) is 19.3 Å². The molecule has 1 aliphatic carbocycles. The maximum Gasteiger partial charge on any atom is 0.271 e. The van der Waals surface area contributed by atoms with Crippen LogP contribution >= 0.6 is 0 Å². The zero-order valence-electron chi connectivity index (χ0n) is 10.4. The van der Waals surface area contributed by atoms with Gasteiger partial charge in [0.1, 0.15) is 5.69 Å². The Morgan fingerprint density at radius 3 is 2.72 bits per heavy atom. The number of hydrogen-bond donors (Lipinski definition) is 2. The molecule has 2 rings (SSSR count). The number of aliphatic hydroxyl groups excluding tert-OH is 1. The Labute approximate surface area is 107 Å². The molecule has 0 radical (unpaired) electrons. The number of hydrogen-bond acceptors (Lipinski definition) is 4. The van der Waals surface area contributed by atoms with Gasteiger partial charge in [-0.05, 0) is 12.8 Å². The molecule has 1 aromatic heterocycles. The van der Waals surface area contributed by atoms with Crippen molar-refractivity contribution in [3.8, 4) is 0 Å². The van der Waals surface area contributed by atoms with Gasteiger partial charge in [0.2, 0.25) is 0 Å². The van der Waals surface area contributed by atoms with Gasteiger partial charge in [0.15, 0.2) is 0 Å². The van der Waals surface area contributed by atoms with E-state index in [1.807, 2.05) is 0 Å². The minimum atomic E-state index is -0.221. The van der Waals surface area contributed by atoms with Crippen molar-refractivity contribution in [2.24, 2.45) is 5.41 Å². The summed E-state index contributed by atoms with van der Waals surface area (Å²) in [6.07, 6.45) is 9.91. The topological polar surface area (TPSA) is 75.1 Å². The fraction of sp³-hybridized carbons (Fsp3) is 0.615. The third-order valence-electron chi connectivity index (χ3n) is 3.67. The van der Waals surface area contributed by atoms with E-state index in [0.717, 1.165) is 25.7 Å². The molecule has 0 atom stereocenters. The van der Waals surface area contributed by atoms with Crippen molar-refractivity contribution in [2.45, 2.75) is 32.1 Å². The van der Waals surface area contributed by atoms with Crippen LogP contribution in [-0.4, -0.2) is 34.1 Å². The van der Waals surface area contributed by atoms with Gasteiger partial charge in [-0.2, -0.15) is 0 Å². The number of aliphatic hydroxyl groups is 1. The lowest BCUT2D eigenvalue weighted by Crippen LogP contribution is -2.41. The Bertz CT molecular complexity index is 388. The smallest absolute Gasteiger partial charge is 0.271 e. The van der Waals surface area contributed by atoms with Crippen LogP contribution in [0.3, 0.4) is 0 Å². The standard InChI is InChI=1S/C13H19N3O2/c17-10-13(4-2-1-3-5-13)9-16-12(18)11-8-14-6-7-15-11/h6-8,17H,1-5,9-10H2,(H,16,18). The molecule has 18 heavy (non-hydrogen) atoms. The summed E-state index contributed by atoms with van der Waals surface area (Å²) < 4.78 is 0. The Balaban J connectivity index is 1.92. The molecular formula is C13H19N3O2. The Kier molecular flexibility index (Phi) is 4.25. The van der Waals surface area contributed by atoms with E-state index < -0.39 is 0 Å². The number of carbonyl (C=O) groups is 1. The maximum absolute atomic E-state index is 11.9. The van der Waals surface area contributed by atoms with E-state index in [1.54, 1.807) is 0 Å². The molecule has 0 spiro atoms. The summed E-state index contributed by atoms with van der Waals surface area (Å²) in [5, 5.41) is 12.4. The zero-order valence-corrected chi connectivity index (χ0v) is 10.4. The van der Waals surface area contributed by atoms with Crippen LogP contribution in [0.2, 0.25) is 0 Å². The third-order valence-corrected chi connectivity index (χ3v) is 3.67. The number of nitrogens with zero attached hydrogens (tertiary/aromatic N) is 2. The number of amides is 1. The third kappa shape index (κ3) is 3.04. The molecule has 0 saturated heterocycles. The number of nitrogens with one attached hydrogen (secondary N) is 1. The molecule has 1 heterocycles. The van der Waals surface area contributed by atoms with Gasteiger partial charge in [0.25, 0.3) is 5.91 Å². The highest BCUT2D eigenvalue weighted by Gasteiger charge is 2.31. The Morgan fingerprint density at radius 1 is 1.33 bits per heavy atom. The van der Waals surface area contributed by atoms with Crippen molar-refractivity contribution < 1.29 is 9.90 Å². The van der Waals surface area contributed by atoms with Crippen molar-refractivity contribution in [3.05, 3.63) is 24.3 Å². The molecule has 5 heteroatoms. The highest BCUT2D eigenvalue weighted by molar-refractivity contribution is 5.91. The lowest BCUT2D eigenvalue weighted by Gasteiger charge is -2.35. The fourth-order valence-electron chi connectivity index (χ4n) is 2.47. The molecule has 0 bridgehead atoms. The number of rotatable bonds is 4. The minimum Gasteiger partial charge on any atom is -0.396 e. The summed E-state index contributed by atoms with van der Waals surface area (Å²) in [7, 11) is 0. The average Bonchev–Trinajstić information content (AvgIpc) is 2.47. The summed E-state index contributed by atoms with van der Waals surface area (Å²) >= 11 is 0. The largest absolute Gasteiger partial charge is 0.396 e. The van der Waals surface area contributed by atoms with Crippen molar-refractivity contribution in [2.75, 3.05) is 13.2 Å². The SMILES string of the molecule is O=C(NCC1(CO)CCCCC1)c1cnccn1. The van der Waals surface area contributed by atoms with E-state index in [-0.39, 0.29) is 17.9 Å². The normalized spacial score (nSPS) is 18.3. The van der Waals surface area contributed by atoms with Crippen LogP contribution in [0.15, 0.2) is 18.6 Å². The second-order valence-corrected chi connectivity index (χ2v) is 4.99. The molecule has 1 saturated carbocycles. The highest BCUT2D eigenvalue weighted by atomic mass is 16.3. The van der Waals surface area contributed by atoms with Gasteiger partial charge in [0, 0.05) is 24.4 Å². The highest BCUT2D eigenvalue weighted by Crippen LogP contribution is 2.35. The van der Waals surface area contributed by atoms with Crippen LogP contribution in [0, 0.1) is 5.41 Å². The van der Waals surface area contributed by atoms with E-state index in [0.29, 0.717) is 12.2 Å². The summed E-state index contributed by atoms with van der Waals surface area (Å²) in [6.45, 7) is 0.645. The number of aromatic nitrogens is 2. The Morgan fingerprint density at radius 2 is 2.11 bits per heavy atom. The first kappa shape index (κ1) is 13.0. The second-order valence-electron chi connectivity index (χ2n) is 4.99. The van der Waals surface area contributed by atoms with Gasteiger partial charge < -0.3 is 10.4 Å². The van der Waals surface area contributed by atoms with E-state index in [1.165, 1.54) is 25.0 Å². The van der Waals surface area contributed by atoms with Crippen LogP contribution in [0.1, 0.15) is 42.6 Å². The molecule has 2 N–H and O–H groups in total. The van der Waals surface area contributed by atoms with Crippen molar-refractivity contribution in [1.82, 2.24) is 15.3 Å². The van der Waals surface area contributed by atoms with Gasteiger partial charge in [-0.3, -0.25) is 9.78 Å². The van der Waals surface area contributed by atoms with Crippen molar-refractivity contribution in [3.63, 3.8) is 0 Å². The van der Waals surface area contributed by atoms with Gasteiger partial charge in [-0.15, -0.1) is 0 Å². The van der Waals surface area contributed by atoms with Crippen molar-refractivity contribution in [1.29, 1.82) is 0 Å². The molecule has 0 unspecified atom stereocenters. The van der Waals surface area contributed by atoms with Gasteiger partial charge >= 0.3 is 0 Å². The zero-order chi connectivity index (χ0) is 12.8. The molecule has 1 amide bonds. The van der Waals surface area contributed by atoms with Gasteiger partial charge in [-0.25, -0.2) is 4.98 Å². The molecule has 1 aromatic rings. The first-order chi connectivity index (χ1) is 8.76. The van der Waals surface area contributed by atoms with E-state index >= 15 is 0 Å². The lowest BCUT2D eigenvalue weighted by atomic mass is 9.74.